The maximum absolute atomic E-state index is 4.70. The van der Waals surface area contributed by atoms with Crippen LogP contribution in [0.15, 0.2) is 29.3 Å². The fraction of sp³-hybridized carbons (Fsp3) is 0.611. The smallest absolute Gasteiger partial charge is 0.191 e. The van der Waals surface area contributed by atoms with Crippen LogP contribution >= 0.6 is 0 Å². The van der Waals surface area contributed by atoms with Crippen LogP contribution in [0.2, 0.25) is 0 Å². The van der Waals surface area contributed by atoms with E-state index in [1.54, 1.807) is 0 Å². The molecule has 0 bridgehead atoms. The van der Waals surface area contributed by atoms with Crippen LogP contribution < -0.4 is 10.6 Å². The van der Waals surface area contributed by atoms with Gasteiger partial charge in [0, 0.05) is 19.1 Å². The molecule has 0 aliphatic rings. The van der Waals surface area contributed by atoms with Gasteiger partial charge in [-0.3, -0.25) is 4.90 Å². The van der Waals surface area contributed by atoms with E-state index in [9.17, 15) is 0 Å². The van der Waals surface area contributed by atoms with Gasteiger partial charge in [0.15, 0.2) is 5.96 Å². The Morgan fingerprint density at radius 1 is 1.14 bits per heavy atom. The van der Waals surface area contributed by atoms with E-state index in [2.05, 4.69) is 74.4 Å². The molecule has 0 aromatic heterocycles. The van der Waals surface area contributed by atoms with E-state index < -0.39 is 0 Å². The first kappa shape index (κ1) is 18.5. The van der Waals surface area contributed by atoms with E-state index in [1.165, 1.54) is 11.1 Å². The average molecular weight is 304 g/mol. The SMILES string of the molecule is CCNC(=NCc1ccccc1C)NCC(C)N(CC)CC. The average Bonchev–Trinajstić information content (AvgIpc) is 2.52. The monoisotopic (exact) mass is 304 g/mol. The van der Waals surface area contributed by atoms with Gasteiger partial charge in [0.2, 0.25) is 0 Å². The van der Waals surface area contributed by atoms with Crippen molar-refractivity contribution in [1.82, 2.24) is 15.5 Å². The van der Waals surface area contributed by atoms with Crippen molar-refractivity contribution in [2.45, 2.75) is 47.2 Å². The lowest BCUT2D eigenvalue weighted by atomic mass is 10.1. The van der Waals surface area contributed by atoms with Gasteiger partial charge in [-0.2, -0.15) is 0 Å². The van der Waals surface area contributed by atoms with Gasteiger partial charge >= 0.3 is 0 Å². The van der Waals surface area contributed by atoms with Gasteiger partial charge in [-0.1, -0.05) is 38.1 Å². The summed E-state index contributed by atoms with van der Waals surface area (Å²) in [7, 11) is 0. The van der Waals surface area contributed by atoms with Crippen molar-refractivity contribution in [3.8, 4) is 0 Å². The maximum atomic E-state index is 4.70. The van der Waals surface area contributed by atoms with E-state index in [0.29, 0.717) is 12.6 Å². The third-order valence-electron chi connectivity index (χ3n) is 4.01. The topological polar surface area (TPSA) is 39.7 Å². The van der Waals surface area contributed by atoms with Crippen LogP contribution in [0.4, 0.5) is 0 Å². The van der Waals surface area contributed by atoms with Gasteiger partial charge in [0.1, 0.15) is 0 Å². The molecule has 1 aromatic rings. The number of nitrogens with one attached hydrogen (secondary N) is 2. The fourth-order valence-electron chi connectivity index (χ4n) is 2.51. The first-order chi connectivity index (χ1) is 10.6. The molecule has 0 amide bonds. The maximum Gasteiger partial charge on any atom is 0.191 e. The van der Waals surface area contributed by atoms with E-state index in [4.69, 9.17) is 4.99 Å². The minimum atomic E-state index is 0.498. The van der Waals surface area contributed by atoms with Crippen LogP contribution in [0, 0.1) is 6.92 Å². The number of nitrogens with zero attached hydrogens (tertiary/aromatic N) is 2. The Hall–Kier alpha value is -1.55. The van der Waals surface area contributed by atoms with Gasteiger partial charge in [0.05, 0.1) is 6.54 Å². The molecular weight excluding hydrogens is 272 g/mol. The number of benzene rings is 1. The van der Waals surface area contributed by atoms with Crippen molar-refractivity contribution in [3.05, 3.63) is 35.4 Å². The summed E-state index contributed by atoms with van der Waals surface area (Å²) in [5.74, 6) is 0.893. The number of likely N-dealkylation sites (N-methyl/N-ethyl adjacent to an activating group) is 1. The summed E-state index contributed by atoms with van der Waals surface area (Å²) < 4.78 is 0. The minimum absolute atomic E-state index is 0.498. The fourth-order valence-corrected chi connectivity index (χ4v) is 2.51. The summed E-state index contributed by atoms with van der Waals surface area (Å²) in [4.78, 5) is 7.15. The van der Waals surface area contributed by atoms with Crippen molar-refractivity contribution in [1.29, 1.82) is 0 Å². The lowest BCUT2D eigenvalue weighted by molar-refractivity contribution is 0.231. The van der Waals surface area contributed by atoms with Gasteiger partial charge in [-0.15, -0.1) is 0 Å². The molecule has 0 fully saturated rings. The Bertz CT molecular complexity index is 452. The van der Waals surface area contributed by atoms with E-state index >= 15 is 0 Å². The summed E-state index contributed by atoms with van der Waals surface area (Å²) in [5.41, 5.74) is 2.56. The van der Waals surface area contributed by atoms with Crippen molar-refractivity contribution in [2.24, 2.45) is 4.99 Å². The third kappa shape index (κ3) is 6.06. The molecular formula is C18H32N4. The van der Waals surface area contributed by atoms with E-state index in [0.717, 1.165) is 32.1 Å². The van der Waals surface area contributed by atoms with E-state index in [1.807, 2.05) is 0 Å². The minimum Gasteiger partial charge on any atom is -0.357 e. The number of rotatable bonds is 8. The second kappa shape index (κ2) is 10.2. The van der Waals surface area contributed by atoms with Crippen LogP contribution in [0.3, 0.4) is 0 Å². The summed E-state index contributed by atoms with van der Waals surface area (Å²) >= 11 is 0. The second-order valence-electron chi connectivity index (χ2n) is 5.57. The van der Waals surface area contributed by atoms with Gasteiger partial charge in [-0.05, 0) is 45.0 Å². The molecule has 0 heterocycles. The lowest BCUT2D eigenvalue weighted by Crippen LogP contribution is -2.46. The highest BCUT2D eigenvalue weighted by Gasteiger charge is 2.10. The molecule has 2 N–H and O–H groups in total. The van der Waals surface area contributed by atoms with Crippen LogP contribution in [0.25, 0.3) is 0 Å². The summed E-state index contributed by atoms with van der Waals surface area (Å²) in [6.45, 7) is 15.5. The molecule has 124 valence electrons. The summed E-state index contributed by atoms with van der Waals surface area (Å²) in [5, 5.41) is 6.78. The third-order valence-corrected chi connectivity index (χ3v) is 4.01. The predicted octanol–water partition coefficient (Wildman–Crippen LogP) is 2.78. The number of hydrogen-bond acceptors (Lipinski definition) is 2. The van der Waals surface area contributed by atoms with Crippen LogP contribution in [0.5, 0.6) is 0 Å². The highest BCUT2D eigenvalue weighted by molar-refractivity contribution is 5.79. The first-order valence-corrected chi connectivity index (χ1v) is 8.43. The Morgan fingerprint density at radius 3 is 2.41 bits per heavy atom. The van der Waals surface area contributed by atoms with E-state index in [-0.39, 0.29) is 0 Å². The zero-order chi connectivity index (χ0) is 16.4. The number of hydrogen-bond donors (Lipinski definition) is 2. The van der Waals surface area contributed by atoms with Gasteiger partial charge in [-0.25, -0.2) is 4.99 Å². The number of guanidine groups is 1. The predicted molar refractivity (Wildman–Crippen MR) is 96.4 cm³/mol. The van der Waals surface area contributed by atoms with Crippen LogP contribution in [0.1, 0.15) is 38.8 Å². The van der Waals surface area contributed by atoms with Gasteiger partial charge < -0.3 is 10.6 Å². The van der Waals surface area contributed by atoms with Crippen LogP contribution in [-0.2, 0) is 6.54 Å². The van der Waals surface area contributed by atoms with Gasteiger partial charge in [0.25, 0.3) is 0 Å². The van der Waals surface area contributed by atoms with Crippen molar-refractivity contribution in [3.63, 3.8) is 0 Å². The Labute approximate surface area is 136 Å². The molecule has 0 saturated heterocycles. The standard InChI is InChI=1S/C18H32N4/c1-6-19-18(20-13-16(5)22(7-2)8-3)21-14-17-12-10-9-11-15(17)4/h9-12,16H,6-8,13-14H2,1-5H3,(H2,19,20,21). The molecule has 1 atom stereocenters. The van der Waals surface area contributed by atoms with Crippen molar-refractivity contribution in [2.75, 3.05) is 26.2 Å². The second-order valence-corrected chi connectivity index (χ2v) is 5.57. The Kier molecular flexibility index (Phi) is 8.60. The molecule has 4 heteroatoms. The summed E-state index contributed by atoms with van der Waals surface area (Å²) in [6.07, 6.45) is 0. The lowest BCUT2D eigenvalue weighted by Gasteiger charge is -2.27. The first-order valence-electron chi connectivity index (χ1n) is 8.43. The Morgan fingerprint density at radius 2 is 1.82 bits per heavy atom. The molecule has 0 aliphatic heterocycles. The van der Waals surface area contributed by atoms with Crippen LogP contribution in [-0.4, -0.2) is 43.1 Å². The highest BCUT2D eigenvalue weighted by Crippen LogP contribution is 2.07. The van der Waals surface area contributed by atoms with Crippen molar-refractivity contribution < 1.29 is 0 Å². The van der Waals surface area contributed by atoms with Crippen molar-refractivity contribution >= 4 is 5.96 Å². The molecule has 1 aromatic carbocycles. The molecule has 22 heavy (non-hydrogen) atoms. The largest absolute Gasteiger partial charge is 0.357 e. The molecule has 0 radical (unpaired) electrons. The molecule has 1 unspecified atom stereocenters. The number of aryl methyl sites for hydroxylation is 1. The number of aliphatic imine (C=N–C) groups is 1. The molecule has 0 aliphatic carbocycles. The quantitative estimate of drug-likeness (QED) is 0.573. The summed E-state index contributed by atoms with van der Waals surface area (Å²) in [6, 6.07) is 8.91. The zero-order valence-corrected chi connectivity index (χ0v) is 14.8. The normalized spacial score (nSPS) is 13.3. The molecule has 1 rings (SSSR count). The highest BCUT2D eigenvalue weighted by atomic mass is 15.2. The molecule has 0 saturated carbocycles. The molecule has 4 nitrogen and oxygen atoms in total. The molecule has 0 spiro atoms. The Balaban J connectivity index is 2.61. The zero-order valence-electron chi connectivity index (χ0n) is 14.8.